The number of hydrogen-bond donors (Lipinski definition) is 2. The predicted molar refractivity (Wildman–Crippen MR) is 339 cm³/mol. The van der Waals surface area contributed by atoms with Gasteiger partial charge in [0.1, 0.15) is 13.2 Å². The molecule has 0 aliphatic rings. The summed E-state index contributed by atoms with van der Waals surface area (Å²) in [6.45, 7) is 4.53. The molecule has 452 valence electrons. The summed E-state index contributed by atoms with van der Waals surface area (Å²) < 4.78 is 23.4. The van der Waals surface area contributed by atoms with Crippen molar-refractivity contribution in [3.63, 3.8) is 0 Å². The number of carbonyl (C=O) groups is 1. The van der Waals surface area contributed by atoms with Crippen LogP contribution in [0.3, 0.4) is 0 Å². The van der Waals surface area contributed by atoms with Gasteiger partial charge in [0.2, 0.25) is 5.91 Å². The number of unbranched alkanes of at least 4 members (excludes halogenated alkanes) is 32. The van der Waals surface area contributed by atoms with Crippen molar-refractivity contribution in [1.82, 2.24) is 5.32 Å². The Morgan fingerprint density at radius 1 is 0.462 bits per heavy atom. The van der Waals surface area contributed by atoms with E-state index < -0.39 is 26.6 Å². The van der Waals surface area contributed by atoms with Gasteiger partial charge in [0.15, 0.2) is 0 Å². The fourth-order valence-electron chi connectivity index (χ4n) is 9.23. The van der Waals surface area contributed by atoms with E-state index in [1.54, 1.807) is 6.08 Å². The Kier molecular flexibility index (Phi) is 57.1. The fraction of sp³-hybridized carbons (Fsp3) is 0.754. The summed E-state index contributed by atoms with van der Waals surface area (Å²) >= 11 is 0. The van der Waals surface area contributed by atoms with E-state index in [4.69, 9.17) is 9.05 Å². The molecule has 0 spiro atoms. The van der Waals surface area contributed by atoms with Gasteiger partial charge in [-0.1, -0.05) is 291 Å². The third-order valence-electron chi connectivity index (χ3n) is 14.3. The molecule has 0 fully saturated rings. The third kappa shape index (κ3) is 61.0. The number of phosphoric acid groups is 1. The van der Waals surface area contributed by atoms with E-state index in [0.717, 1.165) is 83.5 Å². The van der Waals surface area contributed by atoms with Crippen molar-refractivity contribution in [2.45, 2.75) is 296 Å². The first-order valence-electron chi connectivity index (χ1n) is 32.6. The van der Waals surface area contributed by atoms with Crippen LogP contribution in [0, 0.1) is 0 Å². The zero-order valence-corrected chi connectivity index (χ0v) is 52.5. The van der Waals surface area contributed by atoms with Crippen LogP contribution in [0.1, 0.15) is 284 Å². The van der Waals surface area contributed by atoms with Crippen LogP contribution in [0.15, 0.2) is 97.2 Å². The lowest BCUT2D eigenvalue weighted by Gasteiger charge is -2.29. The number of aliphatic hydroxyl groups is 1. The first-order valence-corrected chi connectivity index (χ1v) is 34.1. The molecule has 8 nitrogen and oxygen atoms in total. The molecule has 0 aliphatic heterocycles. The van der Waals surface area contributed by atoms with Gasteiger partial charge in [0, 0.05) is 6.42 Å². The summed E-state index contributed by atoms with van der Waals surface area (Å²) in [5, 5.41) is 13.9. The molecule has 2 N–H and O–H groups in total. The standard InChI is InChI=1S/C69H125N2O6P/c1-6-8-10-12-14-16-18-20-22-24-26-28-30-32-34-35-37-39-41-43-45-47-49-51-53-55-57-59-61-63-69(73)70-67(66-77-78(74,75)76-65-64-71(3,4)5)68(72)62-60-58-56-54-52-50-48-46-44-42-40-38-36-33-31-29-27-25-23-21-19-17-15-13-11-9-7-2/h8,10,14,16,20,22,26,28,32,34,37,39,52,54,60,62,67-68,72H,6-7,9,11-13,15,17-19,21,23-25,27,29-31,33,35-36,38,40-51,53,55-59,61,63-66H2,1-5H3,(H-,70,73,74,75)/b10-8-,16-14-,22-20-,28-26-,34-32-,39-37-,54-52+,62-60+. The third-order valence-corrected chi connectivity index (χ3v) is 15.2. The van der Waals surface area contributed by atoms with Crippen LogP contribution in [0.2, 0.25) is 0 Å². The lowest BCUT2D eigenvalue weighted by atomic mass is 10.0. The normalized spacial score (nSPS) is 14.4. The van der Waals surface area contributed by atoms with Gasteiger partial charge in [-0.3, -0.25) is 9.36 Å². The minimum absolute atomic E-state index is 0.0113. The van der Waals surface area contributed by atoms with Gasteiger partial charge in [-0.15, -0.1) is 0 Å². The quantitative estimate of drug-likeness (QED) is 0.0272. The van der Waals surface area contributed by atoms with Crippen LogP contribution >= 0.6 is 7.82 Å². The monoisotopic (exact) mass is 1110 g/mol. The Balaban J connectivity index is 4.20. The molecule has 3 atom stereocenters. The maximum absolute atomic E-state index is 13.0. The maximum Gasteiger partial charge on any atom is 0.268 e. The number of amides is 1. The molecule has 9 heteroatoms. The molecule has 78 heavy (non-hydrogen) atoms. The molecule has 0 aromatic heterocycles. The number of aliphatic hydroxyl groups excluding tert-OH is 1. The molecular formula is C69H125N2O6P. The van der Waals surface area contributed by atoms with Crippen LogP contribution in [0.25, 0.3) is 0 Å². The van der Waals surface area contributed by atoms with Crippen molar-refractivity contribution in [3.05, 3.63) is 97.2 Å². The number of nitrogens with one attached hydrogen (secondary N) is 1. The Morgan fingerprint density at radius 3 is 1.19 bits per heavy atom. The Hall–Kier alpha value is -2.58. The second kappa shape index (κ2) is 59.1. The number of nitrogens with zero attached hydrogens (tertiary/aromatic N) is 1. The molecule has 0 saturated heterocycles. The van der Waals surface area contributed by atoms with Crippen molar-refractivity contribution < 1.29 is 32.9 Å². The molecule has 0 aromatic carbocycles. The maximum atomic E-state index is 13.0. The highest BCUT2D eigenvalue weighted by atomic mass is 31.2. The molecule has 0 heterocycles. The zero-order chi connectivity index (χ0) is 57.0. The van der Waals surface area contributed by atoms with Crippen LogP contribution in [-0.4, -0.2) is 68.5 Å². The lowest BCUT2D eigenvalue weighted by molar-refractivity contribution is -0.870. The molecule has 0 bridgehead atoms. The highest BCUT2D eigenvalue weighted by Gasteiger charge is 2.23. The number of likely N-dealkylation sites (N-methyl/N-ethyl adjacent to an activating group) is 1. The van der Waals surface area contributed by atoms with E-state index in [0.29, 0.717) is 17.4 Å². The second-order valence-corrected chi connectivity index (χ2v) is 24.5. The molecule has 0 rings (SSSR count). The average Bonchev–Trinajstić information content (AvgIpc) is 3.41. The van der Waals surface area contributed by atoms with Crippen molar-refractivity contribution in [1.29, 1.82) is 0 Å². The average molecular weight is 1110 g/mol. The molecule has 0 radical (unpaired) electrons. The number of rotatable bonds is 59. The molecule has 0 aliphatic carbocycles. The summed E-state index contributed by atoms with van der Waals surface area (Å²) in [6.07, 6.45) is 85.1. The summed E-state index contributed by atoms with van der Waals surface area (Å²) in [5.41, 5.74) is 0. The van der Waals surface area contributed by atoms with Crippen LogP contribution in [0.5, 0.6) is 0 Å². The number of quaternary nitrogens is 1. The van der Waals surface area contributed by atoms with Gasteiger partial charge in [-0.2, -0.15) is 0 Å². The predicted octanol–water partition coefficient (Wildman–Crippen LogP) is 19.9. The largest absolute Gasteiger partial charge is 0.756 e. The summed E-state index contributed by atoms with van der Waals surface area (Å²) in [5.74, 6) is -0.213. The van der Waals surface area contributed by atoms with E-state index in [-0.39, 0.29) is 12.5 Å². The van der Waals surface area contributed by atoms with Gasteiger partial charge >= 0.3 is 0 Å². The van der Waals surface area contributed by atoms with Crippen molar-refractivity contribution in [2.75, 3.05) is 40.9 Å². The lowest BCUT2D eigenvalue weighted by Crippen LogP contribution is -2.45. The Labute approximate surface area is 483 Å². The molecule has 1 amide bonds. The SMILES string of the molecule is CC/C=C\C/C=C\C/C=C\C/C=C\C/C=C\C/C=C\CCCCCCCCCCCCC(=O)NC(COP(=O)([O-])OCC[N+](C)(C)C)C(O)/C=C/CC/C=C/CCCCCCCCCCCCCCCCCCCCCCC. The minimum atomic E-state index is -4.62. The molecule has 3 unspecified atom stereocenters. The first-order chi connectivity index (χ1) is 38.0. The van der Waals surface area contributed by atoms with Crippen LogP contribution in [-0.2, 0) is 18.4 Å². The molecule has 0 saturated carbocycles. The van der Waals surface area contributed by atoms with Crippen LogP contribution in [0.4, 0.5) is 0 Å². The van der Waals surface area contributed by atoms with Crippen molar-refractivity contribution in [2.24, 2.45) is 0 Å². The van der Waals surface area contributed by atoms with E-state index in [9.17, 15) is 19.4 Å². The summed E-state index contributed by atoms with van der Waals surface area (Å²) in [6, 6.07) is -0.914. The van der Waals surface area contributed by atoms with Crippen molar-refractivity contribution in [3.8, 4) is 0 Å². The van der Waals surface area contributed by atoms with E-state index in [2.05, 4.69) is 104 Å². The summed E-state index contributed by atoms with van der Waals surface area (Å²) in [7, 11) is 1.23. The first kappa shape index (κ1) is 75.4. The van der Waals surface area contributed by atoms with Gasteiger partial charge < -0.3 is 28.8 Å². The number of phosphoric ester groups is 1. The Bertz CT molecular complexity index is 1590. The van der Waals surface area contributed by atoms with Gasteiger partial charge in [-0.05, 0) is 83.5 Å². The number of hydrogen-bond acceptors (Lipinski definition) is 6. The molecule has 0 aromatic rings. The highest BCUT2D eigenvalue weighted by molar-refractivity contribution is 7.45. The second-order valence-electron chi connectivity index (χ2n) is 23.1. The summed E-state index contributed by atoms with van der Waals surface area (Å²) in [4.78, 5) is 25.6. The smallest absolute Gasteiger partial charge is 0.268 e. The number of carbonyl (C=O) groups excluding carboxylic acids is 1. The fourth-order valence-corrected chi connectivity index (χ4v) is 9.96. The van der Waals surface area contributed by atoms with Gasteiger partial charge in [0.25, 0.3) is 7.82 Å². The van der Waals surface area contributed by atoms with Gasteiger partial charge in [0.05, 0.1) is 39.9 Å². The minimum Gasteiger partial charge on any atom is -0.756 e. The highest BCUT2D eigenvalue weighted by Crippen LogP contribution is 2.38. The van der Waals surface area contributed by atoms with Crippen LogP contribution < -0.4 is 10.2 Å². The van der Waals surface area contributed by atoms with E-state index in [1.165, 1.54) is 180 Å². The molecular weight excluding hydrogens is 984 g/mol. The van der Waals surface area contributed by atoms with Gasteiger partial charge in [-0.25, -0.2) is 0 Å². The van der Waals surface area contributed by atoms with Crippen molar-refractivity contribution >= 4 is 13.7 Å². The van der Waals surface area contributed by atoms with E-state index in [1.807, 2.05) is 27.2 Å². The Morgan fingerprint density at radius 2 is 0.795 bits per heavy atom. The topological polar surface area (TPSA) is 108 Å². The zero-order valence-electron chi connectivity index (χ0n) is 51.6. The number of allylic oxidation sites excluding steroid dienone is 15. The van der Waals surface area contributed by atoms with E-state index >= 15 is 0 Å².